The molecule has 0 bridgehead atoms. The Labute approximate surface area is 133 Å². The van der Waals surface area contributed by atoms with Gasteiger partial charge >= 0.3 is 0 Å². The topological polar surface area (TPSA) is 20.3 Å². The minimum absolute atomic E-state index is 0.196. The van der Waals surface area contributed by atoms with Gasteiger partial charge in [0.05, 0.1) is 0 Å². The quantitative estimate of drug-likeness (QED) is 0.792. The predicted octanol–water partition coefficient (Wildman–Crippen LogP) is 4.18. The summed E-state index contributed by atoms with van der Waals surface area (Å²) in [4.78, 5) is 17.3. The van der Waals surface area contributed by atoms with Crippen LogP contribution < -0.4 is 0 Å². The van der Waals surface area contributed by atoms with E-state index < -0.39 is 0 Å². The summed E-state index contributed by atoms with van der Waals surface area (Å²) in [6, 6.07) is 8.14. The lowest BCUT2D eigenvalue weighted by Gasteiger charge is -2.28. The van der Waals surface area contributed by atoms with E-state index in [1.807, 2.05) is 35.0 Å². The molecule has 4 heteroatoms. The van der Waals surface area contributed by atoms with Gasteiger partial charge in [0.25, 0.3) is 0 Å². The van der Waals surface area contributed by atoms with Gasteiger partial charge in [-0.25, -0.2) is 0 Å². The minimum atomic E-state index is 0.196. The summed E-state index contributed by atoms with van der Waals surface area (Å²) in [6.45, 7) is 4.59. The fourth-order valence-electron chi connectivity index (χ4n) is 2.42. The molecule has 2 nitrogen and oxygen atoms in total. The lowest BCUT2D eigenvalue weighted by molar-refractivity contribution is -0.113. The van der Waals surface area contributed by atoms with Gasteiger partial charge in [0.2, 0.25) is 0 Å². The van der Waals surface area contributed by atoms with E-state index in [-0.39, 0.29) is 5.78 Å². The first-order chi connectivity index (χ1) is 10.3. The molecular weight excluding hydrogens is 298 g/mol. The molecule has 0 aliphatic carbocycles. The summed E-state index contributed by atoms with van der Waals surface area (Å²) in [6.07, 6.45) is 4.08. The molecule has 3 rings (SSSR count). The number of thiophene rings is 2. The first-order valence-corrected chi connectivity index (χ1v) is 8.77. The molecular formula is C17H17NOS2. The van der Waals surface area contributed by atoms with Gasteiger partial charge in [-0.05, 0) is 41.6 Å². The van der Waals surface area contributed by atoms with Crippen LogP contribution >= 0.6 is 22.7 Å². The second-order valence-electron chi connectivity index (χ2n) is 5.00. The van der Waals surface area contributed by atoms with Crippen LogP contribution in [0.15, 0.2) is 46.2 Å². The van der Waals surface area contributed by atoms with Crippen LogP contribution in [0.2, 0.25) is 0 Å². The summed E-state index contributed by atoms with van der Waals surface area (Å²) < 4.78 is 0. The normalized spacial score (nSPS) is 20.5. The fourth-order valence-corrected chi connectivity index (χ4v) is 3.79. The fraction of sp³-hybridized carbons (Fsp3) is 0.235. The third-order valence-electron chi connectivity index (χ3n) is 3.54. The molecule has 2 aromatic heterocycles. The second kappa shape index (κ2) is 6.52. The van der Waals surface area contributed by atoms with Crippen molar-refractivity contribution in [1.29, 1.82) is 0 Å². The number of carbonyl (C=O) groups is 1. The molecule has 1 fully saturated rings. The Morgan fingerprint density at radius 3 is 1.95 bits per heavy atom. The highest BCUT2D eigenvalue weighted by atomic mass is 32.1. The van der Waals surface area contributed by atoms with Crippen molar-refractivity contribution in [2.75, 3.05) is 19.6 Å². The summed E-state index contributed by atoms with van der Waals surface area (Å²) in [5.41, 5.74) is 1.79. The lowest BCUT2D eigenvalue weighted by Crippen LogP contribution is -2.37. The number of Topliss-reactive ketones (excluding diaryl/α,β-unsaturated/α-hetero) is 1. The van der Waals surface area contributed by atoms with Crippen molar-refractivity contribution in [2.45, 2.75) is 6.92 Å². The smallest absolute Gasteiger partial charge is 0.187 e. The maximum Gasteiger partial charge on any atom is 0.187 e. The molecule has 108 valence electrons. The van der Waals surface area contributed by atoms with Gasteiger partial charge in [-0.3, -0.25) is 9.69 Å². The van der Waals surface area contributed by atoms with Crippen molar-refractivity contribution in [3.8, 4) is 0 Å². The van der Waals surface area contributed by atoms with E-state index in [9.17, 15) is 4.79 Å². The second-order valence-corrected chi connectivity index (χ2v) is 6.96. The molecule has 1 saturated heterocycles. The molecule has 0 amide bonds. The van der Waals surface area contributed by atoms with Gasteiger partial charge in [0.15, 0.2) is 5.78 Å². The lowest BCUT2D eigenvalue weighted by atomic mass is 9.96. The molecule has 0 N–H and O–H groups in total. The number of hydrogen-bond acceptors (Lipinski definition) is 4. The third-order valence-corrected chi connectivity index (χ3v) is 5.18. The monoisotopic (exact) mass is 315 g/mol. The Hall–Kier alpha value is -1.49. The van der Waals surface area contributed by atoms with Crippen LogP contribution in [0.1, 0.15) is 16.7 Å². The zero-order chi connectivity index (χ0) is 14.7. The zero-order valence-electron chi connectivity index (χ0n) is 11.9. The van der Waals surface area contributed by atoms with Crippen LogP contribution in [-0.2, 0) is 4.79 Å². The number of piperidine rings is 1. The van der Waals surface area contributed by atoms with E-state index in [4.69, 9.17) is 0 Å². The minimum Gasteiger partial charge on any atom is -0.295 e. The Bertz CT molecular complexity index is 609. The van der Waals surface area contributed by atoms with Crippen LogP contribution in [0, 0.1) is 0 Å². The molecule has 0 saturated carbocycles. The van der Waals surface area contributed by atoms with Gasteiger partial charge < -0.3 is 0 Å². The molecule has 0 spiro atoms. The number of rotatable bonds is 3. The molecule has 3 heterocycles. The third kappa shape index (κ3) is 3.40. The van der Waals surface area contributed by atoms with Crippen LogP contribution in [0.5, 0.6) is 0 Å². The van der Waals surface area contributed by atoms with Crippen LogP contribution in [0.3, 0.4) is 0 Å². The Morgan fingerprint density at radius 1 is 1.05 bits per heavy atom. The Kier molecular flexibility index (Phi) is 4.48. The largest absolute Gasteiger partial charge is 0.295 e. The van der Waals surface area contributed by atoms with E-state index in [1.54, 1.807) is 22.7 Å². The molecule has 21 heavy (non-hydrogen) atoms. The van der Waals surface area contributed by atoms with E-state index in [0.29, 0.717) is 0 Å². The Balaban J connectivity index is 1.93. The predicted molar refractivity (Wildman–Crippen MR) is 91.7 cm³/mol. The van der Waals surface area contributed by atoms with Crippen molar-refractivity contribution < 1.29 is 4.79 Å². The molecule has 0 radical (unpaired) electrons. The highest BCUT2D eigenvalue weighted by molar-refractivity contribution is 7.11. The maximum atomic E-state index is 12.7. The number of likely N-dealkylation sites (tertiary alicyclic amines) is 1. The zero-order valence-corrected chi connectivity index (χ0v) is 13.5. The van der Waals surface area contributed by atoms with Crippen LogP contribution in [-0.4, -0.2) is 30.3 Å². The van der Waals surface area contributed by atoms with Gasteiger partial charge in [-0.2, -0.15) is 0 Å². The Morgan fingerprint density at radius 2 is 1.57 bits per heavy atom. The highest BCUT2D eigenvalue weighted by Crippen LogP contribution is 2.24. The van der Waals surface area contributed by atoms with Gasteiger partial charge in [-0.15, -0.1) is 22.7 Å². The van der Waals surface area contributed by atoms with E-state index in [0.717, 1.165) is 40.5 Å². The molecule has 2 aromatic rings. The first kappa shape index (κ1) is 14.4. The summed E-state index contributed by atoms with van der Waals surface area (Å²) in [7, 11) is 0. The van der Waals surface area contributed by atoms with Crippen molar-refractivity contribution in [3.63, 3.8) is 0 Å². The molecule has 0 aromatic carbocycles. The summed E-state index contributed by atoms with van der Waals surface area (Å²) in [5.74, 6) is 0.196. The number of nitrogens with zero attached hydrogens (tertiary/aromatic N) is 1. The molecule has 1 aliphatic heterocycles. The number of carbonyl (C=O) groups excluding carboxylic acids is 1. The van der Waals surface area contributed by atoms with Crippen molar-refractivity contribution >= 4 is 40.6 Å². The van der Waals surface area contributed by atoms with E-state index >= 15 is 0 Å². The average molecular weight is 315 g/mol. The maximum absolute atomic E-state index is 12.7. The highest BCUT2D eigenvalue weighted by Gasteiger charge is 2.25. The number of hydrogen-bond donors (Lipinski definition) is 0. The van der Waals surface area contributed by atoms with Crippen molar-refractivity contribution in [3.05, 3.63) is 55.9 Å². The van der Waals surface area contributed by atoms with E-state index in [1.165, 1.54) is 0 Å². The van der Waals surface area contributed by atoms with Gasteiger partial charge in [0.1, 0.15) is 0 Å². The SMILES string of the molecule is CCN1C/C(=C/c2cccs2)C(=O)/C(=C\c2cccs2)C1. The first-order valence-electron chi connectivity index (χ1n) is 7.01. The number of ketones is 1. The van der Waals surface area contributed by atoms with Gasteiger partial charge in [0, 0.05) is 34.0 Å². The van der Waals surface area contributed by atoms with Crippen molar-refractivity contribution in [2.24, 2.45) is 0 Å². The average Bonchev–Trinajstić information content (AvgIpc) is 3.16. The summed E-state index contributed by atoms with van der Waals surface area (Å²) in [5, 5.41) is 4.08. The van der Waals surface area contributed by atoms with Gasteiger partial charge in [-0.1, -0.05) is 19.1 Å². The standard InChI is InChI=1S/C17H17NOS2/c1-2-18-11-13(9-15-5-3-7-20-15)17(19)14(12-18)10-16-6-4-8-21-16/h3-10H,2,11-12H2,1H3/b13-9-,14-10-. The molecule has 0 atom stereocenters. The molecule has 1 aliphatic rings. The van der Waals surface area contributed by atoms with E-state index in [2.05, 4.69) is 24.0 Å². The van der Waals surface area contributed by atoms with Crippen molar-refractivity contribution in [1.82, 2.24) is 4.90 Å². The molecule has 0 unspecified atom stereocenters. The summed E-state index contributed by atoms with van der Waals surface area (Å²) >= 11 is 3.34. The van der Waals surface area contributed by atoms with Crippen LogP contribution in [0.25, 0.3) is 12.2 Å². The number of likely N-dealkylation sites (N-methyl/N-ethyl adjacent to an activating group) is 1. The van der Waals surface area contributed by atoms with Crippen LogP contribution in [0.4, 0.5) is 0 Å².